The first-order valence-corrected chi connectivity index (χ1v) is 3.51. The maximum absolute atomic E-state index is 11.0. The second-order valence-corrected chi connectivity index (χ2v) is 2.36. The molecule has 0 radical (unpaired) electrons. The lowest BCUT2D eigenvalue weighted by atomic mass is 10.1. The van der Waals surface area contributed by atoms with Crippen molar-refractivity contribution in [2.24, 2.45) is 0 Å². The van der Waals surface area contributed by atoms with E-state index in [0.29, 0.717) is 5.56 Å². The molecule has 60 valence electrons. The molecule has 0 atom stereocenters. The molecule has 0 N–H and O–H groups in total. The monoisotopic (exact) mass is 162 g/mol. The number of hydrogen-bond acceptors (Lipinski definition) is 3. The average molecular weight is 162 g/mol. The third kappa shape index (κ3) is 1.05. The molecule has 1 aromatic carbocycles. The van der Waals surface area contributed by atoms with Crippen LogP contribution in [0, 0.1) is 0 Å². The maximum Gasteiger partial charge on any atom is 0.390 e. The first-order valence-electron chi connectivity index (χ1n) is 3.51. The van der Waals surface area contributed by atoms with Crippen molar-refractivity contribution >= 4 is 0 Å². The molecule has 0 saturated heterocycles. The van der Waals surface area contributed by atoms with Gasteiger partial charge in [0.05, 0.1) is 0 Å². The molecule has 2 rings (SSSR count). The molecule has 0 aliphatic carbocycles. The van der Waals surface area contributed by atoms with Crippen LogP contribution < -0.4 is 5.63 Å². The van der Waals surface area contributed by atoms with Gasteiger partial charge in [0.2, 0.25) is 0 Å². The van der Waals surface area contributed by atoms with Crippen LogP contribution in [0.3, 0.4) is 0 Å². The van der Waals surface area contributed by atoms with Gasteiger partial charge in [0, 0.05) is 0 Å². The molecule has 0 bridgehead atoms. The molecule has 3 nitrogen and oxygen atoms in total. The highest BCUT2D eigenvalue weighted by molar-refractivity contribution is 5.59. The molecule has 0 unspecified atom stereocenters. The Balaban J connectivity index is 2.59. The van der Waals surface area contributed by atoms with E-state index >= 15 is 0 Å². The second-order valence-electron chi connectivity index (χ2n) is 2.36. The summed E-state index contributed by atoms with van der Waals surface area (Å²) in [7, 11) is 0. The van der Waals surface area contributed by atoms with Gasteiger partial charge in [-0.1, -0.05) is 30.3 Å². The van der Waals surface area contributed by atoms with Crippen LogP contribution in [0.25, 0.3) is 11.1 Å². The summed E-state index contributed by atoms with van der Waals surface area (Å²) in [5, 5.41) is 0. The molecule has 1 heterocycles. The first kappa shape index (κ1) is 6.91. The molecule has 0 spiro atoms. The quantitative estimate of drug-likeness (QED) is 0.601. The van der Waals surface area contributed by atoms with Crippen molar-refractivity contribution in [2.45, 2.75) is 0 Å². The van der Waals surface area contributed by atoms with Crippen molar-refractivity contribution in [3.05, 3.63) is 47.0 Å². The lowest BCUT2D eigenvalue weighted by molar-refractivity contribution is 0.0488. The van der Waals surface area contributed by atoms with Crippen molar-refractivity contribution in [3.63, 3.8) is 0 Å². The van der Waals surface area contributed by atoms with E-state index in [4.69, 9.17) is 0 Å². The predicted octanol–water partition coefficient (Wildman–Crippen LogP) is 1.90. The van der Waals surface area contributed by atoms with Gasteiger partial charge in [0.15, 0.2) is 6.26 Å². The summed E-state index contributed by atoms with van der Waals surface area (Å²) in [4.78, 5) is 11.0. The Morgan fingerprint density at radius 1 is 1.08 bits per heavy atom. The summed E-state index contributed by atoms with van der Waals surface area (Å²) in [5.41, 5.74) is 0.816. The third-order valence-electron chi connectivity index (χ3n) is 1.59. The lowest BCUT2D eigenvalue weighted by Crippen LogP contribution is -1.94. The molecule has 3 heteroatoms. The minimum Gasteiger partial charge on any atom is -0.294 e. The Morgan fingerprint density at radius 2 is 1.83 bits per heavy atom. The van der Waals surface area contributed by atoms with Gasteiger partial charge < -0.3 is 0 Å². The largest absolute Gasteiger partial charge is 0.390 e. The van der Waals surface area contributed by atoms with Gasteiger partial charge in [-0.15, -0.1) is 0 Å². The van der Waals surface area contributed by atoms with E-state index < -0.39 is 5.63 Å². The highest BCUT2D eigenvalue weighted by atomic mass is 17.0. The fourth-order valence-corrected chi connectivity index (χ4v) is 1.01. The molecule has 1 aromatic heterocycles. The van der Waals surface area contributed by atoms with Crippen molar-refractivity contribution in [2.75, 3.05) is 0 Å². The highest BCUT2D eigenvalue weighted by Crippen LogP contribution is 2.13. The van der Waals surface area contributed by atoms with E-state index in [9.17, 15) is 4.79 Å². The Morgan fingerprint density at radius 3 is 2.42 bits per heavy atom. The van der Waals surface area contributed by atoms with Crippen molar-refractivity contribution in [1.29, 1.82) is 0 Å². The van der Waals surface area contributed by atoms with E-state index in [0.717, 1.165) is 5.56 Å². The SMILES string of the molecule is O=c1oocc1-c1ccccc1. The average Bonchev–Trinajstić information content (AvgIpc) is 2.53. The normalized spacial score (nSPS) is 10.0. The van der Waals surface area contributed by atoms with Crippen LogP contribution in [0.1, 0.15) is 0 Å². The van der Waals surface area contributed by atoms with Gasteiger partial charge in [0.1, 0.15) is 5.56 Å². The summed E-state index contributed by atoms with van der Waals surface area (Å²) < 4.78 is 8.70. The molecule has 2 aromatic rings. The van der Waals surface area contributed by atoms with E-state index in [1.807, 2.05) is 30.3 Å². The van der Waals surface area contributed by atoms with Crippen LogP contribution in [-0.4, -0.2) is 0 Å². The summed E-state index contributed by atoms with van der Waals surface area (Å²) in [6, 6.07) is 9.22. The summed E-state index contributed by atoms with van der Waals surface area (Å²) >= 11 is 0. The Hall–Kier alpha value is -1.77. The van der Waals surface area contributed by atoms with E-state index in [-0.39, 0.29) is 0 Å². The zero-order valence-corrected chi connectivity index (χ0v) is 6.19. The molecular weight excluding hydrogens is 156 g/mol. The van der Waals surface area contributed by atoms with Crippen molar-refractivity contribution < 1.29 is 9.15 Å². The Bertz CT molecular complexity index is 411. The van der Waals surface area contributed by atoms with Crippen LogP contribution >= 0.6 is 0 Å². The summed E-state index contributed by atoms with van der Waals surface area (Å²) in [6.45, 7) is 0. The molecule has 0 aliphatic rings. The van der Waals surface area contributed by atoms with Crippen LogP contribution in [0.5, 0.6) is 0 Å². The fraction of sp³-hybridized carbons (Fsp3) is 0. The van der Waals surface area contributed by atoms with Crippen molar-refractivity contribution in [1.82, 2.24) is 0 Å². The summed E-state index contributed by atoms with van der Waals surface area (Å²) in [6.07, 6.45) is 1.30. The van der Waals surface area contributed by atoms with E-state index in [2.05, 4.69) is 9.15 Å². The Kier molecular flexibility index (Phi) is 1.55. The topological polar surface area (TPSA) is 43.4 Å². The molecule has 12 heavy (non-hydrogen) atoms. The first-order chi connectivity index (χ1) is 5.88. The van der Waals surface area contributed by atoms with E-state index in [1.54, 1.807) is 0 Å². The molecular formula is C9H6O3. The van der Waals surface area contributed by atoms with Crippen LogP contribution in [0.15, 0.2) is 50.5 Å². The molecule has 0 fully saturated rings. The van der Waals surface area contributed by atoms with E-state index in [1.165, 1.54) is 6.26 Å². The minimum atomic E-state index is -0.443. The predicted molar refractivity (Wildman–Crippen MR) is 42.7 cm³/mol. The number of rotatable bonds is 1. The number of benzene rings is 1. The minimum absolute atomic E-state index is 0.443. The third-order valence-corrected chi connectivity index (χ3v) is 1.59. The van der Waals surface area contributed by atoms with Crippen LogP contribution in [0.2, 0.25) is 0 Å². The van der Waals surface area contributed by atoms with Gasteiger partial charge in [-0.05, 0) is 5.56 Å². The maximum atomic E-state index is 11.0. The highest BCUT2D eigenvalue weighted by Gasteiger charge is 2.05. The zero-order valence-electron chi connectivity index (χ0n) is 6.19. The smallest absolute Gasteiger partial charge is 0.294 e. The number of hydrogen-bond donors (Lipinski definition) is 0. The molecule has 0 aliphatic heterocycles. The Labute approximate surface area is 68.2 Å². The molecule has 0 saturated carbocycles. The van der Waals surface area contributed by atoms with Gasteiger partial charge >= 0.3 is 5.63 Å². The van der Waals surface area contributed by atoms with Gasteiger partial charge in [-0.3, -0.25) is 4.58 Å². The van der Waals surface area contributed by atoms with Crippen LogP contribution in [0.4, 0.5) is 0 Å². The fourth-order valence-electron chi connectivity index (χ4n) is 1.01. The second kappa shape index (κ2) is 2.70. The van der Waals surface area contributed by atoms with Crippen molar-refractivity contribution in [3.8, 4) is 11.1 Å². The lowest BCUT2D eigenvalue weighted by Gasteiger charge is -1.89. The molecule has 0 amide bonds. The standard InChI is InChI=1S/C9H6O3/c10-9-8(6-11-12-9)7-4-2-1-3-5-7/h1-6H. The van der Waals surface area contributed by atoms with Gasteiger partial charge in [-0.2, -0.15) is 0 Å². The van der Waals surface area contributed by atoms with Gasteiger partial charge in [-0.25, -0.2) is 9.37 Å². The van der Waals surface area contributed by atoms with Gasteiger partial charge in [0.25, 0.3) is 0 Å². The zero-order chi connectivity index (χ0) is 8.39. The summed E-state index contributed by atoms with van der Waals surface area (Å²) in [5.74, 6) is 0. The van der Waals surface area contributed by atoms with Crippen LogP contribution in [-0.2, 0) is 0 Å².